The minimum absolute atomic E-state index is 0.0458. The number of urea groups is 2. The first-order valence-electron chi connectivity index (χ1n) is 14.0. The molecule has 0 spiro atoms. The smallest absolute Gasteiger partial charge is 0.317 e. The Morgan fingerprint density at radius 3 is 2.65 bits per heavy atom. The van der Waals surface area contributed by atoms with Gasteiger partial charge in [-0.3, -0.25) is 0 Å². The number of aliphatic hydroxyl groups is 1. The summed E-state index contributed by atoms with van der Waals surface area (Å²) in [5, 5.41) is 24.5. The Hall–Kier alpha value is -2.03. The fourth-order valence-electron chi connectivity index (χ4n) is 6.07. The van der Waals surface area contributed by atoms with Crippen LogP contribution in [0.3, 0.4) is 0 Å². The van der Waals surface area contributed by atoms with Crippen molar-refractivity contribution in [2.75, 3.05) is 40.3 Å². The Morgan fingerprint density at radius 1 is 1.16 bits per heavy atom. The Bertz CT molecular complexity index is 866. The molecule has 0 radical (unpaired) electrons. The highest BCUT2D eigenvalue weighted by molar-refractivity contribution is 6.30. The molecule has 1 aromatic rings. The fraction of sp³-hybridized carbons (Fsp3) is 0.714. The quantitative estimate of drug-likeness (QED) is 0.274. The van der Waals surface area contributed by atoms with Gasteiger partial charge < -0.3 is 31.3 Å². The number of nitrogens with zero attached hydrogens (tertiary/aromatic N) is 1. The van der Waals surface area contributed by atoms with E-state index in [9.17, 15) is 14.7 Å². The van der Waals surface area contributed by atoms with Crippen LogP contribution >= 0.6 is 11.6 Å². The highest BCUT2D eigenvalue weighted by Gasteiger charge is 2.41. The van der Waals surface area contributed by atoms with Crippen molar-refractivity contribution in [3.63, 3.8) is 0 Å². The van der Waals surface area contributed by atoms with Crippen molar-refractivity contribution < 1.29 is 14.7 Å². The number of piperidine rings is 1. The zero-order chi connectivity index (χ0) is 26.7. The number of amides is 4. The molecule has 2 fully saturated rings. The molecule has 3 atom stereocenters. The molecular formula is C28H46ClN5O3. The molecule has 1 aromatic carbocycles. The van der Waals surface area contributed by atoms with E-state index in [2.05, 4.69) is 21.3 Å². The second-order valence-electron chi connectivity index (χ2n) is 10.8. The van der Waals surface area contributed by atoms with Gasteiger partial charge in [-0.25, -0.2) is 9.59 Å². The number of hydrogen-bond donors (Lipinski definition) is 5. The molecule has 3 rings (SSSR count). The molecule has 208 valence electrons. The molecule has 9 heteroatoms. The van der Waals surface area contributed by atoms with Crippen LogP contribution in [0.5, 0.6) is 0 Å². The minimum Gasteiger partial charge on any atom is -0.385 e. The minimum atomic E-state index is -1.15. The van der Waals surface area contributed by atoms with Crippen molar-refractivity contribution >= 4 is 23.7 Å². The maximum absolute atomic E-state index is 13.4. The van der Waals surface area contributed by atoms with Crippen molar-refractivity contribution in [2.45, 2.75) is 75.9 Å². The highest BCUT2D eigenvalue weighted by atomic mass is 35.5. The number of halogens is 1. The molecule has 1 heterocycles. The number of hydrogen-bond acceptors (Lipinski definition) is 4. The maximum Gasteiger partial charge on any atom is 0.317 e. The number of benzene rings is 1. The largest absolute Gasteiger partial charge is 0.385 e. The normalized spacial score (nSPS) is 21.1. The van der Waals surface area contributed by atoms with E-state index < -0.39 is 5.60 Å². The van der Waals surface area contributed by atoms with Crippen molar-refractivity contribution in [3.05, 3.63) is 34.9 Å². The number of carbonyl (C=O) groups excluding carboxylic acids is 2. The topological polar surface area (TPSA) is 106 Å². The van der Waals surface area contributed by atoms with Crippen molar-refractivity contribution in [1.29, 1.82) is 0 Å². The average Bonchev–Trinajstić information content (AvgIpc) is 2.91. The molecule has 1 aliphatic heterocycles. The number of rotatable bonds is 11. The van der Waals surface area contributed by atoms with Crippen LogP contribution in [0.15, 0.2) is 24.3 Å². The molecular weight excluding hydrogens is 490 g/mol. The molecule has 1 saturated heterocycles. The summed E-state index contributed by atoms with van der Waals surface area (Å²) in [5.41, 5.74) is -0.390. The molecule has 4 amide bonds. The lowest BCUT2D eigenvalue weighted by Crippen LogP contribution is -2.54. The van der Waals surface area contributed by atoms with Crippen LogP contribution in [0.1, 0.15) is 69.8 Å². The van der Waals surface area contributed by atoms with Gasteiger partial charge in [0.05, 0.1) is 5.60 Å². The van der Waals surface area contributed by atoms with Gasteiger partial charge in [-0.05, 0) is 62.8 Å². The number of nitrogens with one attached hydrogen (secondary N) is 4. The van der Waals surface area contributed by atoms with Crippen molar-refractivity contribution in [2.24, 2.45) is 11.8 Å². The second kappa shape index (κ2) is 14.8. The summed E-state index contributed by atoms with van der Waals surface area (Å²) in [6.45, 7) is 2.37. The van der Waals surface area contributed by atoms with Crippen molar-refractivity contribution in [3.8, 4) is 0 Å². The average molecular weight is 536 g/mol. The predicted molar refractivity (Wildman–Crippen MR) is 149 cm³/mol. The molecule has 1 aliphatic carbocycles. The molecule has 8 nitrogen and oxygen atoms in total. The van der Waals surface area contributed by atoms with Crippen molar-refractivity contribution in [1.82, 2.24) is 26.2 Å². The first-order chi connectivity index (χ1) is 17.9. The van der Waals surface area contributed by atoms with Gasteiger partial charge in [0, 0.05) is 50.2 Å². The summed E-state index contributed by atoms with van der Waals surface area (Å²) in [6, 6.07) is 7.19. The lowest BCUT2D eigenvalue weighted by atomic mass is 9.74. The summed E-state index contributed by atoms with van der Waals surface area (Å²) in [4.78, 5) is 26.8. The van der Waals surface area contributed by atoms with Gasteiger partial charge >= 0.3 is 12.1 Å². The molecule has 3 unspecified atom stereocenters. The Kier molecular flexibility index (Phi) is 11.8. The van der Waals surface area contributed by atoms with Gasteiger partial charge in [-0.2, -0.15) is 0 Å². The van der Waals surface area contributed by atoms with Gasteiger partial charge in [0.15, 0.2) is 0 Å². The number of likely N-dealkylation sites (N-methyl/N-ethyl adjacent to an activating group) is 1. The van der Waals surface area contributed by atoms with E-state index in [-0.39, 0.29) is 24.0 Å². The van der Waals surface area contributed by atoms with Crippen LogP contribution in [-0.2, 0) is 5.60 Å². The van der Waals surface area contributed by atoms with Gasteiger partial charge in [0.25, 0.3) is 0 Å². The lowest BCUT2D eigenvalue weighted by molar-refractivity contribution is -0.0551. The Balaban J connectivity index is 1.68. The first kappa shape index (κ1) is 29.5. The lowest BCUT2D eigenvalue weighted by Gasteiger charge is -2.43. The zero-order valence-corrected chi connectivity index (χ0v) is 23.3. The Morgan fingerprint density at radius 2 is 1.95 bits per heavy atom. The van der Waals surface area contributed by atoms with Gasteiger partial charge in [0.2, 0.25) is 0 Å². The van der Waals surface area contributed by atoms with E-state index >= 15 is 0 Å². The fourth-order valence-corrected chi connectivity index (χ4v) is 6.26. The number of carbonyl (C=O) groups is 2. The predicted octanol–water partition coefficient (Wildman–Crippen LogP) is 4.22. The third-order valence-corrected chi connectivity index (χ3v) is 8.31. The maximum atomic E-state index is 13.4. The van der Waals surface area contributed by atoms with Crippen LogP contribution in [0.25, 0.3) is 0 Å². The third kappa shape index (κ3) is 8.76. The highest BCUT2D eigenvalue weighted by Crippen LogP contribution is 2.40. The van der Waals surface area contributed by atoms with E-state index in [4.69, 9.17) is 11.6 Å². The van der Waals surface area contributed by atoms with Crippen LogP contribution in [0, 0.1) is 11.8 Å². The van der Waals surface area contributed by atoms with Crippen LogP contribution in [0.2, 0.25) is 5.02 Å². The molecule has 37 heavy (non-hydrogen) atoms. The summed E-state index contributed by atoms with van der Waals surface area (Å²) < 4.78 is 0. The summed E-state index contributed by atoms with van der Waals surface area (Å²) in [6.07, 6.45) is 10.1. The van der Waals surface area contributed by atoms with Gasteiger partial charge in [-0.1, -0.05) is 55.8 Å². The standard InChI is InChI=1S/C28H46ClN5O3/c1-30-19-25(17-21-9-4-3-5-10-21)33-27(36)34-16-7-12-23(20-34)28(37,14-8-15-32-26(35)31-2)22-11-6-13-24(29)18-22/h6,11,13,18,21,23,25,30,37H,3-5,7-10,12,14-17,19-20H2,1-2H3,(H,33,36)(H2,31,32,35). The van der Waals surface area contributed by atoms with Gasteiger partial charge in [-0.15, -0.1) is 0 Å². The molecule has 1 saturated carbocycles. The van der Waals surface area contributed by atoms with E-state index in [1.807, 2.05) is 30.1 Å². The second-order valence-corrected chi connectivity index (χ2v) is 11.2. The van der Waals surface area contributed by atoms with E-state index in [1.165, 1.54) is 32.1 Å². The molecule has 0 aromatic heterocycles. The van der Waals surface area contributed by atoms with E-state index in [0.717, 1.165) is 31.4 Å². The summed E-state index contributed by atoms with van der Waals surface area (Å²) in [5.74, 6) is 0.546. The van der Waals surface area contributed by atoms with Crippen LogP contribution in [0.4, 0.5) is 9.59 Å². The zero-order valence-electron chi connectivity index (χ0n) is 22.5. The Labute approximate surface area is 227 Å². The number of likely N-dealkylation sites (tertiary alicyclic amines) is 1. The van der Waals surface area contributed by atoms with E-state index in [0.29, 0.717) is 43.4 Å². The van der Waals surface area contributed by atoms with Gasteiger partial charge in [0.1, 0.15) is 0 Å². The van der Waals surface area contributed by atoms with E-state index in [1.54, 1.807) is 13.1 Å². The summed E-state index contributed by atoms with van der Waals surface area (Å²) in [7, 11) is 3.51. The monoisotopic (exact) mass is 535 g/mol. The van der Waals surface area contributed by atoms with Crippen LogP contribution in [-0.4, -0.2) is 68.4 Å². The summed E-state index contributed by atoms with van der Waals surface area (Å²) >= 11 is 6.30. The molecule has 5 N–H and O–H groups in total. The SMILES string of the molecule is CNCC(CC1CCCCC1)NC(=O)N1CCCC(C(O)(CCCNC(=O)NC)c2cccc(Cl)c2)C1. The molecule has 2 aliphatic rings. The first-order valence-corrected chi connectivity index (χ1v) is 14.4. The molecule has 0 bridgehead atoms. The van der Waals surface area contributed by atoms with Crippen LogP contribution < -0.4 is 21.3 Å². The third-order valence-electron chi connectivity index (χ3n) is 8.08.